The maximum absolute atomic E-state index is 13.2. The van der Waals surface area contributed by atoms with Crippen molar-refractivity contribution < 1.29 is 19.1 Å². The average Bonchev–Trinajstić information content (AvgIpc) is 3.31. The zero-order chi connectivity index (χ0) is 26.1. The predicted molar refractivity (Wildman–Crippen MR) is 136 cm³/mol. The average molecular weight is 513 g/mol. The molecule has 0 fully saturated rings. The number of fused-ring (bicyclic) bond motifs is 1. The Morgan fingerprint density at radius 2 is 2.00 bits per heavy atom. The molecule has 0 spiro atoms. The van der Waals surface area contributed by atoms with Crippen molar-refractivity contribution in [2.24, 2.45) is 0 Å². The van der Waals surface area contributed by atoms with Crippen LogP contribution in [0, 0.1) is 5.82 Å². The van der Waals surface area contributed by atoms with Gasteiger partial charge in [0.05, 0.1) is 11.6 Å². The molecule has 2 atom stereocenters. The first-order chi connectivity index (χ1) is 17.1. The summed E-state index contributed by atoms with van der Waals surface area (Å²) in [5.41, 5.74) is 0.429. The fourth-order valence-corrected chi connectivity index (χ4v) is 5.44. The summed E-state index contributed by atoms with van der Waals surface area (Å²) < 4.78 is 14.9. The molecular weight excluding hydrogens is 483 g/mol. The standard InChI is InChI=1S/C26H29FN4O4S/c1-5-30-13-19(10-15(2)29(4)16(3)32)31-14-21(23(33)24(34)22(31)26(30)35)25-28-12-20(36-25)11-17-6-8-18(27)9-7-17/h6-9,12,14-15,19,34H,5,10-11,13H2,1-4H3/t15?,19-/m0/s1. The van der Waals surface area contributed by atoms with Gasteiger partial charge in [0, 0.05) is 56.8 Å². The zero-order valence-electron chi connectivity index (χ0n) is 20.7. The number of amides is 2. The van der Waals surface area contributed by atoms with E-state index in [1.54, 1.807) is 45.9 Å². The molecule has 1 unspecified atom stereocenters. The summed E-state index contributed by atoms with van der Waals surface area (Å²) in [6.07, 6.45) is 4.32. The summed E-state index contributed by atoms with van der Waals surface area (Å²) >= 11 is 1.31. The van der Waals surface area contributed by atoms with E-state index >= 15 is 0 Å². The molecule has 8 nitrogen and oxygen atoms in total. The number of rotatable bonds is 7. The van der Waals surface area contributed by atoms with E-state index in [9.17, 15) is 23.9 Å². The minimum atomic E-state index is -0.650. The van der Waals surface area contributed by atoms with Crippen molar-refractivity contribution in [1.82, 2.24) is 19.4 Å². The van der Waals surface area contributed by atoms with Crippen LogP contribution in [0.1, 0.15) is 54.2 Å². The van der Waals surface area contributed by atoms with E-state index in [0.29, 0.717) is 30.9 Å². The van der Waals surface area contributed by atoms with Gasteiger partial charge in [-0.25, -0.2) is 9.37 Å². The Hall–Kier alpha value is -3.53. The van der Waals surface area contributed by atoms with Crippen LogP contribution in [0.2, 0.25) is 0 Å². The topological polar surface area (TPSA) is 95.7 Å². The molecule has 1 aromatic carbocycles. The number of hydrogen-bond donors (Lipinski definition) is 1. The number of carbonyl (C=O) groups excluding carboxylic acids is 2. The van der Waals surface area contributed by atoms with Gasteiger partial charge in [-0.05, 0) is 38.0 Å². The largest absolute Gasteiger partial charge is 0.503 e. The van der Waals surface area contributed by atoms with Crippen LogP contribution < -0.4 is 5.43 Å². The first-order valence-electron chi connectivity index (χ1n) is 11.8. The highest BCUT2D eigenvalue weighted by atomic mass is 32.1. The monoisotopic (exact) mass is 512 g/mol. The highest BCUT2D eigenvalue weighted by Crippen LogP contribution is 2.33. The Bertz CT molecular complexity index is 1350. The molecule has 3 aromatic rings. The van der Waals surface area contributed by atoms with Gasteiger partial charge >= 0.3 is 0 Å². The van der Waals surface area contributed by atoms with Crippen molar-refractivity contribution in [3.63, 3.8) is 0 Å². The molecular formula is C26H29FN4O4S. The maximum Gasteiger partial charge on any atom is 0.274 e. The summed E-state index contributed by atoms with van der Waals surface area (Å²) in [6.45, 7) is 6.10. The lowest BCUT2D eigenvalue weighted by Crippen LogP contribution is -2.46. The van der Waals surface area contributed by atoms with Crippen molar-refractivity contribution in [2.75, 3.05) is 20.1 Å². The van der Waals surface area contributed by atoms with Crippen LogP contribution in [-0.4, -0.2) is 62.5 Å². The van der Waals surface area contributed by atoms with Crippen molar-refractivity contribution in [2.45, 2.75) is 45.7 Å². The summed E-state index contributed by atoms with van der Waals surface area (Å²) in [5, 5.41) is 11.3. The first-order valence-corrected chi connectivity index (χ1v) is 12.6. The first kappa shape index (κ1) is 25.6. The van der Waals surface area contributed by atoms with E-state index < -0.39 is 17.1 Å². The van der Waals surface area contributed by atoms with Gasteiger partial charge in [0.2, 0.25) is 11.3 Å². The maximum atomic E-state index is 13.2. The SMILES string of the molecule is CCN1C[C@H](CC(C)N(C)C(C)=O)n2cc(-c3ncc(Cc4ccc(F)cc4)s3)c(=O)c(O)c2C1=O. The Morgan fingerprint density at radius 3 is 2.64 bits per heavy atom. The second-order valence-corrected chi connectivity index (χ2v) is 10.2. The van der Waals surface area contributed by atoms with E-state index in [4.69, 9.17) is 0 Å². The van der Waals surface area contributed by atoms with E-state index in [-0.39, 0.29) is 35.1 Å². The number of thiazole rings is 1. The van der Waals surface area contributed by atoms with Crippen LogP contribution in [0.3, 0.4) is 0 Å². The number of hydrogen-bond acceptors (Lipinski definition) is 6. The number of aromatic hydroxyl groups is 1. The molecule has 10 heteroatoms. The third-order valence-corrected chi connectivity index (χ3v) is 7.78. The van der Waals surface area contributed by atoms with Gasteiger partial charge in [-0.15, -0.1) is 11.3 Å². The second-order valence-electron chi connectivity index (χ2n) is 9.12. The molecule has 0 radical (unpaired) electrons. The van der Waals surface area contributed by atoms with Gasteiger partial charge in [0.1, 0.15) is 10.8 Å². The summed E-state index contributed by atoms with van der Waals surface area (Å²) in [7, 11) is 1.73. The van der Waals surface area contributed by atoms with Gasteiger partial charge in [-0.2, -0.15) is 0 Å². The zero-order valence-corrected chi connectivity index (χ0v) is 21.5. The van der Waals surface area contributed by atoms with Gasteiger partial charge in [0.25, 0.3) is 5.91 Å². The Morgan fingerprint density at radius 1 is 1.31 bits per heavy atom. The second kappa shape index (κ2) is 10.2. The van der Waals surface area contributed by atoms with Crippen molar-refractivity contribution in [1.29, 1.82) is 0 Å². The van der Waals surface area contributed by atoms with E-state index in [2.05, 4.69) is 4.98 Å². The number of nitrogens with zero attached hydrogens (tertiary/aromatic N) is 4. The van der Waals surface area contributed by atoms with Gasteiger partial charge in [-0.1, -0.05) is 12.1 Å². The summed E-state index contributed by atoms with van der Waals surface area (Å²) in [5.74, 6) is -1.38. The van der Waals surface area contributed by atoms with E-state index in [1.807, 2.05) is 13.8 Å². The van der Waals surface area contributed by atoms with E-state index in [0.717, 1.165) is 10.4 Å². The van der Waals surface area contributed by atoms with Crippen LogP contribution in [0.5, 0.6) is 5.75 Å². The molecule has 1 aliphatic heterocycles. The Kier molecular flexibility index (Phi) is 7.26. The number of likely N-dealkylation sites (N-methyl/N-ethyl adjacent to an activating group) is 1. The van der Waals surface area contributed by atoms with Gasteiger partial charge < -0.3 is 19.5 Å². The molecule has 36 heavy (non-hydrogen) atoms. The molecule has 0 saturated carbocycles. The minimum absolute atomic E-state index is 0.0392. The summed E-state index contributed by atoms with van der Waals surface area (Å²) in [4.78, 5) is 46.6. The Labute approximate surface area is 212 Å². The van der Waals surface area contributed by atoms with Crippen LogP contribution in [-0.2, 0) is 11.2 Å². The number of carbonyl (C=O) groups is 2. The Balaban J connectivity index is 1.73. The predicted octanol–water partition coefficient (Wildman–Crippen LogP) is 3.68. The van der Waals surface area contributed by atoms with Gasteiger partial charge in [0.15, 0.2) is 11.4 Å². The molecule has 1 aliphatic rings. The van der Waals surface area contributed by atoms with Crippen LogP contribution in [0.15, 0.2) is 41.5 Å². The fourth-order valence-electron chi connectivity index (χ4n) is 4.49. The van der Waals surface area contributed by atoms with E-state index in [1.165, 1.54) is 30.4 Å². The quantitative estimate of drug-likeness (QED) is 0.521. The molecule has 0 bridgehead atoms. The number of pyridine rings is 1. The van der Waals surface area contributed by atoms with Crippen LogP contribution in [0.4, 0.5) is 4.39 Å². The number of aromatic nitrogens is 2. The highest BCUT2D eigenvalue weighted by Gasteiger charge is 2.35. The molecule has 0 aliphatic carbocycles. The molecule has 0 saturated heterocycles. The van der Waals surface area contributed by atoms with Crippen LogP contribution in [0.25, 0.3) is 10.6 Å². The third-order valence-electron chi connectivity index (χ3n) is 6.75. The molecule has 190 valence electrons. The lowest BCUT2D eigenvalue weighted by atomic mass is 10.0. The normalized spacial score (nSPS) is 16.1. The lowest BCUT2D eigenvalue weighted by Gasteiger charge is -2.38. The molecule has 4 rings (SSSR count). The molecule has 1 N–H and O–H groups in total. The smallest absolute Gasteiger partial charge is 0.274 e. The molecule has 3 heterocycles. The minimum Gasteiger partial charge on any atom is -0.503 e. The third kappa shape index (κ3) is 4.90. The van der Waals surface area contributed by atoms with Crippen molar-refractivity contribution in [3.8, 4) is 16.3 Å². The van der Waals surface area contributed by atoms with Crippen molar-refractivity contribution in [3.05, 3.63) is 68.8 Å². The number of halogens is 1. The number of benzene rings is 1. The van der Waals surface area contributed by atoms with Crippen LogP contribution >= 0.6 is 11.3 Å². The summed E-state index contributed by atoms with van der Waals surface area (Å²) in [6, 6.07) is 5.81. The molecule has 2 aromatic heterocycles. The van der Waals surface area contributed by atoms with Gasteiger partial charge in [-0.3, -0.25) is 14.4 Å². The fraction of sp³-hybridized carbons (Fsp3) is 0.385. The highest BCUT2D eigenvalue weighted by molar-refractivity contribution is 7.15. The lowest BCUT2D eigenvalue weighted by molar-refractivity contribution is -0.129. The van der Waals surface area contributed by atoms with Crippen molar-refractivity contribution >= 4 is 23.2 Å². The molecule has 2 amide bonds.